The summed E-state index contributed by atoms with van der Waals surface area (Å²) in [6.07, 6.45) is 20.6. The molecular formula is C28H44O. The number of benzene rings is 1. The molecule has 1 heteroatoms. The SMILES string of the molecule is CCCCC1(C=O)CCC(c2ccc(CCC3CCC(CCC)CC3)cc2)CC1. The molecule has 1 aromatic carbocycles. The summed E-state index contributed by atoms with van der Waals surface area (Å²) in [5.74, 6) is 2.64. The van der Waals surface area contributed by atoms with E-state index >= 15 is 0 Å². The first-order chi connectivity index (χ1) is 14.2. The van der Waals surface area contributed by atoms with Gasteiger partial charge in [-0.25, -0.2) is 0 Å². The molecule has 0 saturated heterocycles. The molecule has 162 valence electrons. The second kappa shape index (κ2) is 11.3. The van der Waals surface area contributed by atoms with Crippen molar-refractivity contribution in [3.8, 4) is 0 Å². The van der Waals surface area contributed by atoms with Crippen LogP contribution in [0.1, 0.15) is 121 Å². The first-order valence-electron chi connectivity index (χ1n) is 12.7. The van der Waals surface area contributed by atoms with Crippen molar-refractivity contribution in [3.05, 3.63) is 35.4 Å². The predicted octanol–water partition coefficient (Wildman–Crippen LogP) is 8.26. The normalized spacial score (nSPS) is 30.2. The molecule has 0 atom stereocenters. The van der Waals surface area contributed by atoms with Crippen molar-refractivity contribution >= 4 is 6.29 Å². The fourth-order valence-electron chi connectivity index (χ4n) is 6.03. The minimum absolute atomic E-state index is 0.0113. The van der Waals surface area contributed by atoms with E-state index in [1.807, 2.05) is 0 Å². The number of carbonyl (C=O) groups is 1. The number of aldehydes is 1. The molecule has 2 aliphatic rings. The van der Waals surface area contributed by atoms with Crippen LogP contribution in [0.3, 0.4) is 0 Å². The average molecular weight is 397 g/mol. The van der Waals surface area contributed by atoms with E-state index in [2.05, 4.69) is 38.1 Å². The Morgan fingerprint density at radius 3 is 2.03 bits per heavy atom. The predicted molar refractivity (Wildman–Crippen MR) is 124 cm³/mol. The summed E-state index contributed by atoms with van der Waals surface area (Å²) < 4.78 is 0. The molecule has 0 aliphatic heterocycles. The molecule has 1 nitrogen and oxygen atoms in total. The first-order valence-corrected chi connectivity index (χ1v) is 12.7. The van der Waals surface area contributed by atoms with Crippen LogP contribution in [0.4, 0.5) is 0 Å². The van der Waals surface area contributed by atoms with E-state index in [1.54, 1.807) is 0 Å². The summed E-state index contributed by atoms with van der Waals surface area (Å²) >= 11 is 0. The van der Waals surface area contributed by atoms with Crippen molar-refractivity contribution in [2.24, 2.45) is 17.3 Å². The van der Waals surface area contributed by atoms with Crippen LogP contribution in [-0.2, 0) is 11.2 Å². The van der Waals surface area contributed by atoms with Crippen LogP contribution >= 0.6 is 0 Å². The van der Waals surface area contributed by atoms with Gasteiger partial charge in [0.15, 0.2) is 0 Å². The van der Waals surface area contributed by atoms with E-state index in [0.717, 1.165) is 31.1 Å². The molecule has 0 aromatic heterocycles. The monoisotopic (exact) mass is 396 g/mol. The zero-order chi connectivity index (χ0) is 20.5. The number of aryl methyl sites for hydroxylation is 1. The van der Waals surface area contributed by atoms with Gasteiger partial charge in [-0.3, -0.25) is 0 Å². The van der Waals surface area contributed by atoms with Crippen LogP contribution in [0, 0.1) is 17.3 Å². The number of hydrogen-bond donors (Lipinski definition) is 0. The van der Waals surface area contributed by atoms with Crippen LogP contribution < -0.4 is 0 Å². The standard InChI is InChI=1S/C28H44O/c1-3-5-19-28(22-29)20-17-27(18-21-28)26-15-13-25(14-16-26)12-11-24-9-7-23(6-4-2)8-10-24/h13-16,22-24,27H,3-12,17-21H2,1-2H3. The Morgan fingerprint density at radius 1 is 0.862 bits per heavy atom. The second-order valence-corrected chi connectivity index (χ2v) is 10.3. The quantitative estimate of drug-likeness (QED) is 0.364. The Kier molecular flexibility index (Phi) is 8.82. The van der Waals surface area contributed by atoms with E-state index < -0.39 is 0 Å². The Morgan fingerprint density at radius 2 is 1.48 bits per heavy atom. The lowest BCUT2D eigenvalue weighted by Crippen LogP contribution is -2.28. The highest BCUT2D eigenvalue weighted by Gasteiger charge is 2.34. The third kappa shape index (κ3) is 6.43. The van der Waals surface area contributed by atoms with Crippen molar-refractivity contribution in [1.82, 2.24) is 0 Å². The number of unbranched alkanes of at least 4 members (excludes halogenated alkanes) is 1. The molecule has 2 aliphatic carbocycles. The zero-order valence-electron chi connectivity index (χ0n) is 19.1. The smallest absolute Gasteiger partial charge is 0.126 e. The molecule has 29 heavy (non-hydrogen) atoms. The van der Waals surface area contributed by atoms with Gasteiger partial charge in [0, 0.05) is 5.41 Å². The van der Waals surface area contributed by atoms with E-state index in [0.29, 0.717) is 5.92 Å². The highest BCUT2D eigenvalue weighted by Crippen LogP contribution is 2.44. The van der Waals surface area contributed by atoms with E-state index in [4.69, 9.17) is 0 Å². The van der Waals surface area contributed by atoms with Crippen LogP contribution in [0.25, 0.3) is 0 Å². The third-order valence-electron chi connectivity index (χ3n) is 8.22. The number of carbonyl (C=O) groups excluding carboxylic acids is 1. The van der Waals surface area contributed by atoms with E-state index in [-0.39, 0.29) is 5.41 Å². The van der Waals surface area contributed by atoms with Crippen LogP contribution in [0.5, 0.6) is 0 Å². The summed E-state index contributed by atoms with van der Waals surface area (Å²) in [5.41, 5.74) is 3.01. The fourth-order valence-corrected chi connectivity index (χ4v) is 6.03. The largest absolute Gasteiger partial charge is 0.303 e. The van der Waals surface area contributed by atoms with Crippen molar-refractivity contribution in [2.45, 2.75) is 116 Å². The third-order valence-corrected chi connectivity index (χ3v) is 8.22. The highest BCUT2D eigenvalue weighted by molar-refractivity contribution is 5.59. The summed E-state index contributed by atoms with van der Waals surface area (Å²) in [6, 6.07) is 9.55. The molecule has 0 radical (unpaired) electrons. The molecule has 0 spiro atoms. The molecule has 2 saturated carbocycles. The molecule has 2 fully saturated rings. The highest BCUT2D eigenvalue weighted by atomic mass is 16.1. The molecule has 0 amide bonds. The molecular weight excluding hydrogens is 352 g/mol. The van der Waals surface area contributed by atoms with Gasteiger partial charge in [-0.2, -0.15) is 0 Å². The Balaban J connectivity index is 1.43. The van der Waals surface area contributed by atoms with Gasteiger partial charge in [-0.15, -0.1) is 0 Å². The topological polar surface area (TPSA) is 17.1 Å². The first kappa shape index (κ1) is 22.6. The Bertz CT molecular complexity index is 585. The van der Waals surface area contributed by atoms with E-state index in [1.165, 1.54) is 94.5 Å². The van der Waals surface area contributed by atoms with Gasteiger partial charge in [0.1, 0.15) is 6.29 Å². The summed E-state index contributed by atoms with van der Waals surface area (Å²) in [5, 5.41) is 0. The summed E-state index contributed by atoms with van der Waals surface area (Å²) in [7, 11) is 0. The van der Waals surface area contributed by atoms with Crippen molar-refractivity contribution < 1.29 is 4.79 Å². The van der Waals surface area contributed by atoms with E-state index in [9.17, 15) is 4.79 Å². The van der Waals surface area contributed by atoms with Gasteiger partial charge in [0.25, 0.3) is 0 Å². The van der Waals surface area contributed by atoms with Gasteiger partial charge in [0.2, 0.25) is 0 Å². The lowest BCUT2D eigenvalue weighted by Gasteiger charge is -2.36. The van der Waals surface area contributed by atoms with Gasteiger partial charge >= 0.3 is 0 Å². The maximum absolute atomic E-state index is 11.7. The summed E-state index contributed by atoms with van der Waals surface area (Å²) in [4.78, 5) is 11.7. The van der Waals surface area contributed by atoms with Crippen molar-refractivity contribution in [1.29, 1.82) is 0 Å². The molecule has 0 N–H and O–H groups in total. The van der Waals surface area contributed by atoms with Gasteiger partial charge in [-0.1, -0.05) is 89.5 Å². The molecule has 3 rings (SSSR count). The maximum atomic E-state index is 11.7. The van der Waals surface area contributed by atoms with Crippen LogP contribution in [0.2, 0.25) is 0 Å². The maximum Gasteiger partial charge on any atom is 0.126 e. The lowest BCUT2D eigenvalue weighted by atomic mass is 9.67. The Labute approximate surface area is 180 Å². The molecule has 0 bridgehead atoms. The van der Waals surface area contributed by atoms with Crippen LogP contribution in [-0.4, -0.2) is 6.29 Å². The van der Waals surface area contributed by atoms with Crippen LogP contribution in [0.15, 0.2) is 24.3 Å². The average Bonchev–Trinajstić information content (AvgIpc) is 2.78. The second-order valence-electron chi connectivity index (χ2n) is 10.3. The Hall–Kier alpha value is -1.11. The number of rotatable bonds is 10. The van der Waals surface area contributed by atoms with Crippen molar-refractivity contribution in [2.75, 3.05) is 0 Å². The van der Waals surface area contributed by atoms with Crippen molar-refractivity contribution in [3.63, 3.8) is 0 Å². The van der Waals surface area contributed by atoms with Gasteiger partial charge in [-0.05, 0) is 73.8 Å². The lowest BCUT2D eigenvalue weighted by molar-refractivity contribution is -0.118. The fraction of sp³-hybridized carbons (Fsp3) is 0.750. The molecule has 0 heterocycles. The zero-order valence-corrected chi connectivity index (χ0v) is 19.1. The molecule has 0 unspecified atom stereocenters. The van der Waals surface area contributed by atoms with Gasteiger partial charge < -0.3 is 4.79 Å². The van der Waals surface area contributed by atoms with Gasteiger partial charge in [0.05, 0.1) is 0 Å². The number of hydrogen-bond acceptors (Lipinski definition) is 1. The minimum atomic E-state index is -0.0113. The summed E-state index contributed by atoms with van der Waals surface area (Å²) in [6.45, 7) is 4.55. The minimum Gasteiger partial charge on any atom is -0.303 e. The molecule has 1 aromatic rings.